The molecule has 1 unspecified atom stereocenters. The predicted octanol–water partition coefficient (Wildman–Crippen LogP) is 2.50. The maximum Gasteiger partial charge on any atom is 0.0648 e. The van der Waals surface area contributed by atoms with Crippen molar-refractivity contribution >= 4 is 24.8 Å². The van der Waals surface area contributed by atoms with Gasteiger partial charge in [0.25, 0.3) is 0 Å². The van der Waals surface area contributed by atoms with Crippen molar-refractivity contribution in [3.63, 3.8) is 0 Å². The van der Waals surface area contributed by atoms with Gasteiger partial charge in [-0.25, -0.2) is 4.68 Å². The van der Waals surface area contributed by atoms with Crippen molar-refractivity contribution < 1.29 is 0 Å². The highest BCUT2D eigenvalue weighted by molar-refractivity contribution is 5.85. The van der Waals surface area contributed by atoms with Gasteiger partial charge in [0.2, 0.25) is 0 Å². The molecule has 2 aliphatic heterocycles. The lowest BCUT2D eigenvalue weighted by Crippen LogP contribution is -2.50. The lowest BCUT2D eigenvalue weighted by atomic mass is 10.1. The van der Waals surface area contributed by atoms with Crippen LogP contribution in [0.4, 0.5) is 0 Å². The lowest BCUT2D eigenvalue weighted by Gasteiger charge is -2.38. The van der Waals surface area contributed by atoms with Crippen molar-refractivity contribution in [2.24, 2.45) is 0 Å². The Balaban J connectivity index is 0.00000121. The summed E-state index contributed by atoms with van der Waals surface area (Å²) < 4.78 is 1.92. The fourth-order valence-corrected chi connectivity index (χ4v) is 3.90. The van der Waals surface area contributed by atoms with Crippen LogP contribution in [0.1, 0.15) is 17.5 Å². The Bertz CT molecular complexity index is 663. The molecule has 2 aliphatic rings. The molecule has 2 aromatic rings. The van der Waals surface area contributed by atoms with Crippen molar-refractivity contribution in [2.45, 2.75) is 25.9 Å². The summed E-state index contributed by atoms with van der Waals surface area (Å²) in [6, 6.07) is 9.41. The summed E-state index contributed by atoms with van der Waals surface area (Å²) in [5, 5.41) is 7.80. The Labute approximate surface area is 168 Å². The first kappa shape index (κ1) is 21.2. The average molecular weight is 398 g/mol. The smallest absolute Gasteiger partial charge is 0.0648 e. The van der Waals surface area contributed by atoms with E-state index in [0.717, 1.165) is 18.3 Å². The molecule has 2 saturated heterocycles. The number of benzene rings is 1. The van der Waals surface area contributed by atoms with Crippen LogP contribution in [0.5, 0.6) is 0 Å². The number of hydrogen-bond donors (Lipinski definition) is 1. The fraction of sp³-hybridized carbons (Fsp3) is 0.526. The maximum atomic E-state index is 4.31. The van der Waals surface area contributed by atoms with Crippen molar-refractivity contribution in [3.05, 3.63) is 47.8 Å². The molecule has 2 fully saturated rings. The molecule has 144 valence electrons. The van der Waals surface area contributed by atoms with Crippen LogP contribution in [0.25, 0.3) is 5.69 Å². The first-order valence-corrected chi connectivity index (χ1v) is 9.06. The molecule has 0 saturated carbocycles. The first-order chi connectivity index (χ1) is 11.8. The Hall–Kier alpha value is -1.11. The van der Waals surface area contributed by atoms with E-state index in [4.69, 9.17) is 0 Å². The number of piperazine rings is 1. The van der Waals surface area contributed by atoms with Crippen molar-refractivity contribution in [1.29, 1.82) is 0 Å². The van der Waals surface area contributed by atoms with E-state index in [2.05, 4.69) is 45.3 Å². The number of nitrogens with one attached hydrogen (secondary N) is 1. The minimum atomic E-state index is 0. The van der Waals surface area contributed by atoms with Crippen LogP contribution < -0.4 is 5.32 Å². The van der Waals surface area contributed by atoms with Crippen LogP contribution in [0, 0.1) is 6.92 Å². The summed E-state index contributed by atoms with van der Waals surface area (Å²) >= 11 is 0. The van der Waals surface area contributed by atoms with E-state index in [9.17, 15) is 0 Å². The van der Waals surface area contributed by atoms with E-state index in [-0.39, 0.29) is 24.8 Å². The van der Waals surface area contributed by atoms with E-state index in [0.29, 0.717) is 0 Å². The zero-order chi connectivity index (χ0) is 16.4. The molecule has 0 bridgehead atoms. The average Bonchev–Trinajstić information content (AvgIpc) is 3.31. The second-order valence-corrected chi connectivity index (χ2v) is 7.02. The summed E-state index contributed by atoms with van der Waals surface area (Å²) in [5.41, 5.74) is 3.92. The van der Waals surface area contributed by atoms with Gasteiger partial charge in [0.05, 0.1) is 5.69 Å². The number of halogens is 2. The van der Waals surface area contributed by atoms with Crippen LogP contribution in [0.3, 0.4) is 0 Å². The highest BCUT2D eigenvalue weighted by Gasteiger charge is 2.26. The molecule has 7 heteroatoms. The number of nitrogens with zero attached hydrogens (tertiary/aromatic N) is 4. The highest BCUT2D eigenvalue weighted by Crippen LogP contribution is 2.18. The molecule has 3 heterocycles. The van der Waals surface area contributed by atoms with Crippen LogP contribution in [0.15, 0.2) is 36.7 Å². The number of rotatable bonds is 4. The Morgan fingerprint density at radius 3 is 2.58 bits per heavy atom. The van der Waals surface area contributed by atoms with Gasteiger partial charge in [-0.2, -0.15) is 5.10 Å². The molecule has 1 aromatic carbocycles. The van der Waals surface area contributed by atoms with Gasteiger partial charge in [0, 0.05) is 57.7 Å². The van der Waals surface area contributed by atoms with Gasteiger partial charge in [-0.05, 0) is 49.2 Å². The largest absolute Gasteiger partial charge is 0.315 e. The first-order valence-electron chi connectivity index (χ1n) is 9.06. The van der Waals surface area contributed by atoms with Crippen molar-refractivity contribution in [1.82, 2.24) is 24.9 Å². The lowest BCUT2D eigenvalue weighted by molar-refractivity contribution is 0.0980. The third kappa shape index (κ3) is 4.78. The normalized spacial score (nSPS) is 21.2. The molecule has 1 N–H and O–H groups in total. The van der Waals surface area contributed by atoms with Gasteiger partial charge in [-0.15, -0.1) is 24.8 Å². The summed E-state index contributed by atoms with van der Waals surface area (Å²) in [4.78, 5) is 5.26. The quantitative estimate of drug-likeness (QED) is 0.859. The Morgan fingerprint density at radius 1 is 1.15 bits per heavy atom. The van der Waals surface area contributed by atoms with Crippen LogP contribution in [-0.2, 0) is 6.54 Å². The standard InChI is InChI=1S/C19H27N5.2ClH/c1-16-13-18(24-8-2-6-21-24)4-3-17(16)15-22-9-11-23(12-10-22)19-5-7-20-14-19;;/h2-4,6,8,13,19-20H,5,7,9-12,14-15H2,1H3;2*1H. The van der Waals surface area contributed by atoms with Crippen LogP contribution in [-0.4, -0.2) is 64.9 Å². The van der Waals surface area contributed by atoms with Crippen molar-refractivity contribution in [3.8, 4) is 5.69 Å². The Kier molecular flexibility index (Phi) is 7.92. The summed E-state index contributed by atoms with van der Waals surface area (Å²) in [6.45, 7) is 10.4. The SMILES string of the molecule is Cc1cc(-n2cccn2)ccc1CN1CCN(C2CCNC2)CC1.Cl.Cl. The molecular weight excluding hydrogens is 369 g/mol. The second kappa shape index (κ2) is 9.72. The Morgan fingerprint density at radius 2 is 1.96 bits per heavy atom. The van der Waals surface area contributed by atoms with Gasteiger partial charge >= 0.3 is 0 Å². The molecule has 26 heavy (non-hydrogen) atoms. The second-order valence-electron chi connectivity index (χ2n) is 7.02. The molecule has 1 aromatic heterocycles. The topological polar surface area (TPSA) is 36.3 Å². The third-order valence-corrected chi connectivity index (χ3v) is 5.45. The highest BCUT2D eigenvalue weighted by atomic mass is 35.5. The number of aromatic nitrogens is 2. The van der Waals surface area contributed by atoms with E-state index in [1.165, 1.54) is 56.8 Å². The molecule has 5 nitrogen and oxygen atoms in total. The minimum Gasteiger partial charge on any atom is -0.315 e. The van der Waals surface area contributed by atoms with Gasteiger partial charge < -0.3 is 5.32 Å². The third-order valence-electron chi connectivity index (χ3n) is 5.45. The maximum absolute atomic E-state index is 4.31. The van der Waals surface area contributed by atoms with Gasteiger partial charge in [0.15, 0.2) is 0 Å². The zero-order valence-corrected chi connectivity index (χ0v) is 16.9. The van der Waals surface area contributed by atoms with Gasteiger partial charge in [-0.3, -0.25) is 9.80 Å². The van der Waals surface area contributed by atoms with Crippen LogP contribution in [0.2, 0.25) is 0 Å². The zero-order valence-electron chi connectivity index (χ0n) is 15.3. The van der Waals surface area contributed by atoms with Crippen LogP contribution >= 0.6 is 24.8 Å². The molecule has 0 aliphatic carbocycles. The summed E-state index contributed by atoms with van der Waals surface area (Å²) in [6.07, 6.45) is 5.13. The molecule has 0 radical (unpaired) electrons. The number of aryl methyl sites for hydroxylation is 1. The van der Waals surface area contributed by atoms with Gasteiger partial charge in [-0.1, -0.05) is 6.07 Å². The van der Waals surface area contributed by atoms with E-state index in [1.807, 2.05) is 23.1 Å². The summed E-state index contributed by atoms with van der Waals surface area (Å²) in [7, 11) is 0. The predicted molar refractivity (Wildman–Crippen MR) is 111 cm³/mol. The van der Waals surface area contributed by atoms with E-state index >= 15 is 0 Å². The van der Waals surface area contributed by atoms with Gasteiger partial charge in [0.1, 0.15) is 0 Å². The van der Waals surface area contributed by atoms with E-state index in [1.54, 1.807) is 0 Å². The van der Waals surface area contributed by atoms with E-state index < -0.39 is 0 Å². The monoisotopic (exact) mass is 397 g/mol. The molecule has 1 atom stereocenters. The fourth-order valence-electron chi connectivity index (χ4n) is 3.90. The minimum absolute atomic E-state index is 0. The molecule has 0 spiro atoms. The molecular formula is C19H29Cl2N5. The molecule has 4 rings (SSSR count). The summed E-state index contributed by atoms with van der Waals surface area (Å²) in [5.74, 6) is 0. The van der Waals surface area contributed by atoms with Crippen molar-refractivity contribution in [2.75, 3.05) is 39.3 Å². The molecule has 0 amide bonds. The number of hydrogen-bond acceptors (Lipinski definition) is 4.